The molecule has 2 aromatic rings. The molecule has 0 aromatic carbocycles. The Kier molecular flexibility index (Phi) is 8.20. The molecule has 0 radical (unpaired) electrons. The summed E-state index contributed by atoms with van der Waals surface area (Å²) in [5.74, 6) is 0.367. The summed E-state index contributed by atoms with van der Waals surface area (Å²) in [6.07, 6.45) is 2.69. The highest BCUT2D eigenvalue weighted by Gasteiger charge is 2.26. The third kappa shape index (κ3) is 5.71. The fourth-order valence-electron chi connectivity index (χ4n) is 3.76. The van der Waals surface area contributed by atoms with Crippen LogP contribution in [0.5, 0.6) is 5.88 Å². The molecule has 8 heteroatoms. The van der Waals surface area contributed by atoms with Crippen LogP contribution in [0.4, 0.5) is 5.69 Å². The SMILES string of the molecule is CCOc1ncccc1-c1ccc(N2CCNC[C@H]2CC)c(C(=O)NCCN(C)C)n1. The van der Waals surface area contributed by atoms with Gasteiger partial charge in [-0.15, -0.1) is 0 Å². The van der Waals surface area contributed by atoms with Crippen molar-refractivity contribution in [3.05, 3.63) is 36.2 Å². The maximum atomic E-state index is 13.2. The van der Waals surface area contributed by atoms with Crippen molar-refractivity contribution in [2.24, 2.45) is 0 Å². The summed E-state index contributed by atoms with van der Waals surface area (Å²) in [5.41, 5.74) is 2.79. The smallest absolute Gasteiger partial charge is 0.272 e. The standard InChI is InChI=1S/C23H34N6O2/c1-5-17-16-24-12-15-29(17)20-10-9-19(18-8-7-11-26-23(18)31-6-2)27-21(20)22(30)25-13-14-28(3)4/h7-11,17,24H,5-6,12-16H2,1-4H3,(H,25,30)/t17-/m1/s1. The van der Waals surface area contributed by atoms with Crippen molar-refractivity contribution in [1.82, 2.24) is 25.5 Å². The van der Waals surface area contributed by atoms with Crippen LogP contribution in [0.15, 0.2) is 30.5 Å². The van der Waals surface area contributed by atoms with E-state index in [0.717, 1.165) is 43.9 Å². The summed E-state index contributed by atoms with van der Waals surface area (Å²) in [5, 5.41) is 6.48. The Labute approximate surface area is 185 Å². The lowest BCUT2D eigenvalue weighted by molar-refractivity contribution is 0.0946. The van der Waals surface area contributed by atoms with E-state index in [0.29, 0.717) is 36.5 Å². The third-order valence-electron chi connectivity index (χ3n) is 5.39. The van der Waals surface area contributed by atoms with Crippen LogP contribution >= 0.6 is 0 Å². The summed E-state index contributed by atoms with van der Waals surface area (Å²) in [4.78, 5) is 26.7. The van der Waals surface area contributed by atoms with Crippen LogP contribution in [0, 0.1) is 0 Å². The third-order valence-corrected chi connectivity index (χ3v) is 5.39. The van der Waals surface area contributed by atoms with Gasteiger partial charge >= 0.3 is 0 Å². The molecule has 31 heavy (non-hydrogen) atoms. The molecule has 1 aliphatic rings. The molecule has 0 saturated carbocycles. The van der Waals surface area contributed by atoms with Gasteiger partial charge in [0.1, 0.15) is 0 Å². The van der Waals surface area contributed by atoms with Gasteiger partial charge < -0.3 is 25.2 Å². The molecule has 0 unspecified atom stereocenters. The van der Waals surface area contributed by atoms with Crippen molar-refractivity contribution in [1.29, 1.82) is 0 Å². The predicted octanol–water partition coefficient (Wildman–Crippen LogP) is 2.02. The van der Waals surface area contributed by atoms with E-state index in [2.05, 4.69) is 27.4 Å². The monoisotopic (exact) mass is 426 g/mol. The highest BCUT2D eigenvalue weighted by molar-refractivity contribution is 5.98. The van der Waals surface area contributed by atoms with Crippen molar-refractivity contribution in [3.8, 4) is 17.1 Å². The topological polar surface area (TPSA) is 82.6 Å². The minimum atomic E-state index is -0.158. The quantitative estimate of drug-likeness (QED) is 0.635. The van der Waals surface area contributed by atoms with Crippen molar-refractivity contribution < 1.29 is 9.53 Å². The number of piperazine rings is 1. The van der Waals surface area contributed by atoms with E-state index < -0.39 is 0 Å². The average Bonchev–Trinajstić information content (AvgIpc) is 2.79. The highest BCUT2D eigenvalue weighted by atomic mass is 16.5. The second kappa shape index (κ2) is 11.1. The number of carbonyl (C=O) groups is 1. The van der Waals surface area contributed by atoms with Gasteiger partial charge in [-0.1, -0.05) is 6.92 Å². The van der Waals surface area contributed by atoms with Crippen LogP contribution in [0.2, 0.25) is 0 Å². The molecule has 1 atom stereocenters. The van der Waals surface area contributed by atoms with E-state index in [9.17, 15) is 4.79 Å². The molecule has 0 aliphatic carbocycles. The van der Waals surface area contributed by atoms with E-state index in [4.69, 9.17) is 9.72 Å². The first-order valence-corrected chi connectivity index (χ1v) is 11.0. The number of rotatable bonds is 9. The molecule has 168 valence electrons. The Hall–Kier alpha value is -2.71. The molecule has 2 aromatic heterocycles. The molecular formula is C23H34N6O2. The van der Waals surface area contributed by atoms with E-state index in [1.54, 1.807) is 6.20 Å². The van der Waals surface area contributed by atoms with Crippen molar-refractivity contribution in [2.45, 2.75) is 26.3 Å². The van der Waals surface area contributed by atoms with Crippen LogP contribution in [0.25, 0.3) is 11.3 Å². The van der Waals surface area contributed by atoms with E-state index in [-0.39, 0.29) is 5.91 Å². The average molecular weight is 427 g/mol. The first-order chi connectivity index (χ1) is 15.0. The first-order valence-electron chi connectivity index (χ1n) is 11.0. The number of nitrogens with zero attached hydrogens (tertiary/aromatic N) is 4. The van der Waals surface area contributed by atoms with Crippen LogP contribution in [0.1, 0.15) is 30.8 Å². The number of ether oxygens (including phenoxy) is 1. The Morgan fingerprint density at radius 3 is 2.90 bits per heavy atom. The lowest BCUT2D eigenvalue weighted by Crippen LogP contribution is -2.51. The zero-order chi connectivity index (χ0) is 22.2. The number of carbonyl (C=O) groups excluding carboxylic acids is 1. The summed E-state index contributed by atoms with van der Waals surface area (Å²) in [6.45, 7) is 8.57. The molecule has 0 bridgehead atoms. The Bertz CT molecular complexity index is 873. The number of nitrogens with one attached hydrogen (secondary N) is 2. The molecule has 0 spiro atoms. The Morgan fingerprint density at radius 1 is 1.32 bits per heavy atom. The number of pyridine rings is 2. The van der Waals surface area contributed by atoms with Crippen molar-refractivity contribution >= 4 is 11.6 Å². The summed E-state index contributed by atoms with van der Waals surface area (Å²) in [7, 11) is 3.97. The first kappa shape index (κ1) is 23.0. The number of likely N-dealkylation sites (N-methyl/N-ethyl adjacent to an activating group) is 1. The summed E-state index contributed by atoms with van der Waals surface area (Å²) >= 11 is 0. The van der Waals surface area contributed by atoms with Gasteiger partial charge in [0, 0.05) is 45.0 Å². The van der Waals surface area contributed by atoms with E-state index in [1.165, 1.54) is 0 Å². The predicted molar refractivity (Wildman–Crippen MR) is 124 cm³/mol. The number of aromatic nitrogens is 2. The lowest BCUT2D eigenvalue weighted by Gasteiger charge is -2.38. The van der Waals surface area contributed by atoms with Crippen LogP contribution in [0.3, 0.4) is 0 Å². The summed E-state index contributed by atoms with van der Waals surface area (Å²) < 4.78 is 5.69. The van der Waals surface area contributed by atoms with Gasteiger partial charge in [0.2, 0.25) is 5.88 Å². The van der Waals surface area contributed by atoms with Gasteiger partial charge in [0.25, 0.3) is 5.91 Å². The zero-order valence-corrected chi connectivity index (χ0v) is 19.0. The van der Waals surface area contributed by atoms with Gasteiger partial charge in [0.05, 0.1) is 23.6 Å². The van der Waals surface area contributed by atoms with Gasteiger partial charge in [-0.05, 0) is 51.7 Å². The molecule has 3 heterocycles. The van der Waals surface area contributed by atoms with Gasteiger partial charge in [-0.2, -0.15) is 0 Å². The maximum absolute atomic E-state index is 13.2. The van der Waals surface area contributed by atoms with Crippen molar-refractivity contribution in [2.75, 3.05) is 58.3 Å². The second-order valence-electron chi connectivity index (χ2n) is 7.87. The molecule has 2 N–H and O–H groups in total. The maximum Gasteiger partial charge on any atom is 0.272 e. The Balaban J connectivity index is 2.00. The molecule has 3 rings (SSSR count). The summed E-state index contributed by atoms with van der Waals surface area (Å²) in [6, 6.07) is 8.08. The van der Waals surface area contributed by atoms with Crippen LogP contribution < -0.4 is 20.3 Å². The number of anilines is 1. The fourth-order valence-corrected chi connectivity index (χ4v) is 3.76. The van der Waals surface area contributed by atoms with E-state index in [1.807, 2.05) is 50.2 Å². The molecule has 1 amide bonds. The minimum absolute atomic E-state index is 0.158. The van der Waals surface area contributed by atoms with Gasteiger partial charge in [-0.25, -0.2) is 9.97 Å². The number of hydrogen-bond acceptors (Lipinski definition) is 7. The second-order valence-corrected chi connectivity index (χ2v) is 7.87. The molecule has 1 fully saturated rings. The zero-order valence-electron chi connectivity index (χ0n) is 19.0. The Morgan fingerprint density at radius 2 is 2.16 bits per heavy atom. The fraction of sp³-hybridized carbons (Fsp3) is 0.522. The number of hydrogen-bond donors (Lipinski definition) is 2. The van der Waals surface area contributed by atoms with Crippen LogP contribution in [-0.4, -0.2) is 80.2 Å². The highest BCUT2D eigenvalue weighted by Crippen LogP contribution is 2.31. The van der Waals surface area contributed by atoms with Crippen LogP contribution in [-0.2, 0) is 0 Å². The van der Waals surface area contributed by atoms with Crippen molar-refractivity contribution in [3.63, 3.8) is 0 Å². The molecule has 8 nitrogen and oxygen atoms in total. The largest absolute Gasteiger partial charge is 0.477 e. The lowest BCUT2D eigenvalue weighted by atomic mass is 10.1. The van der Waals surface area contributed by atoms with Gasteiger partial charge in [-0.3, -0.25) is 4.79 Å². The molecule has 1 aliphatic heterocycles. The molecular weight excluding hydrogens is 392 g/mol. The van der Waals surface area contributed by atoms with E-state index >= 15 is 0 Å². The normalized spacial score (nSPS) is 16.4. The number of amides is 1. The molecule has 1 saturated heterocycles. The minimum Gasteiger partial charge on any atom is -0.477 e. The van der Waals surface area contributed by atoms with Gasteiger partial charge in [0.15, 0.2) is 5.69 Å².